The number of nitrogens with zero attached hydrogens (tertiary/aromatic N) is 4. The molecule has 2 aliphatic rings. The van der Waals surface area contributed by atoms with Crippen molar-refractivity contribution in [3.8, 4) is 11.4 Å². The van der Waals surface area contributed by atoms with Crippen LogP contribution in [0.1, 0.15) is 51.0 Å². The van der Waals surface area contributed by atoms with E-state index >= 15 is 0 Å². The molecule has 24 heavy (non-hydrogen) atoms. The van der Waals surface area contributed by atoms with Crippen LogP contribution in [0.15, 0.2) is 30.9 Å². The Bertz CT molecular complexity index is 838. The van der Waals surface area contributed by atoms with Crippen LogP contribution < -0.4 is 0 Å². The molecule has 124 valence electrons. The molecule has 5 rings (SSSR count). The zero-order valence-corrected chi connectivity index (χ0v) is 13.9. The Morgan fingerprint density at radius 2 is 2.04 bits per heavy atom. The normalized spacial score (nSPS) is 20.0. The number of aromatic amines is 1. The van der Waals surface area contributed by atoms with Crippen LogP contribution in [0.2, 0.25) is 0 Å². The van der Waals surface area contributed by atoms with Gasteiger partial charge >= 0.3 is 0 Å². The molecule has 2 fully saturated rings. The summed E-state index contributed by atoms with van der Waals surface area (Å²) in [5, 5.41) is 5.76. The molecule has 3 heterocycles. The van der Waals surface area contributed by atoms with Gasteiger partial charge in [0.05, 0.1) is 17.8 Å². The van der Waals surface area contributed by atoms with Crippen molar-refractivity contribution < 1.29 is 0 Å². The molecule has 0 radical (unpaired) electrons. The first-order valence-electron chi connectivity index (χ1n) is 9.21. The van der Waals surface area contributed by atoms with Gasteiger partial charge in [-0.05, 0) is 37.2 Å². The molecule has 0 aromatic carbocycles. The summed E-state index contributed by atoms with van der Waals surface area (Å²) in [6, 6.07) is 2.55. The van der Waals surface area contributed by atoms with Crippen LogP contribution in [0.25, 0.3) is 22.4 Å². The average molecular weight is 321 g/mol. The van der Waals surface area contributed by atoms with E-state index in [0.29, 0.717) is 6.04 Å². The van der Waals surface area contributed by atoms with Crippen LogP contribution in [-0.2, 0) is 0 Å². The van der Waals surface area contributed by atoms with E-state index in [2.05, 4.69) is 25.8 Å². The minimum Gasteiger partial charge on any atom is -0.346 e. The summed E-state index contributed by atoms with van der Waals surface area (Å²) in [4.78, 5) is 12.3. The third-order valence-electron chi connectivity index (χ3n) is 5.72. The Morgan fingerprint density at radius 3 is 2.88 bits per heavy atom. The largest absolute Gasteiger partial charge is 0.346 e. The summed E-state index contributed by atoms with van der Waals surface area (Å²) >= 11 is 0. The molecule has 0 bridgehead atoms. The maximum absolute atomic E-state index is 4.71. The number of H-pyrrole nitrogens is 1. The fraction of sp³-hybridized carbons (Fsp3) is 0.526. The van der Waals surface area contributed by atoms with E-state index in [4.69, 9.17) is 5.10 Å². The highest BCUT2D eigenvalue weighted by molar-refractivity contribution is 5.76. The van der Waals surface area contributed by atoms with Gasteiger partial charge in [0.15, 0.2) is 5.82 Å². The summed E-state index contributed by atoms with van der Waals surface area (Å²) in [5.41, 5.74) is 1.91. The number of hydrogen-bond acceptors (Lipinski definition) is 3. The van der Waals surface area contributed by atoms with E-state index < -0.39 is 0 Å². The Balaban J connectivity index is 1.45. The lowest BCUT2D eigenvalue weighted by Crippen LogP contribution is -2.18. The van der Waals surface area contributed by atoms with E-state index in [0.717, 1.165) is 34.3 Å². The molecule has 2 saturated carbocycles. The van der Waals surface area contributed by atoms with Crippen LogP contribution in [-0.4, -0.2) is 24.7 Å². The van der Waals surface area contributed by atoms with Crippen molar-refractivity contribution in [2.45, 2.75) is 51.0 Å². The highest BCUT2D eigenvalue weighted by Crippen LogP contribution is 2.43. The van der Waals surface area contributed by atoms with Gasteiger partial charge in [0.1, 0.15) is 5.65 Å². The number of hydrogen-bond donors (Lipinski definition) is 1. The predicted molar refractivity (Wildman–Crippen MR) is 93.4 cm³/mol. The van der Waals surface area contributed by atoms with Crippen molar-refractivity contribution in [3.05, 3.63) is 30.9 Å². The number of aromatic nitrogens is 5. The molecule has 1 N–H and O–H groups in total. The molecule has 3 aromatic rings. The van der Waals surface area contributed by atoms with E-state index in [-0.39, 0.29) is 0 Å². The summed E-state index contributed by atoms with van der Waals surface area (Å²) < 4.78 is 2.21. The van der Waals surface area contributed by atoms with E-state index in [1.165, 1.54) is 44.9 Å². The lowest BCUT2D eigenvalue weighted by Gasteiger charge is -2.24. The monoisotopic (exact) mass is 321 g/mol. The van der Waals surface area contributed by atoms with Gasteiger partial charge in [-0.25, -0.2) is 9.97 Å². The van der Waals surface area contributed by atoms with Crippen LogP contribution in [0.5, 0.6) is 0 Å². The topological polar surface area (TPSA) is 59.4 Å². The van der Waals surface area contributed by atoms with Crippen molar-refractivity contribution >= 4 is 11.0 Å². The molecule has 5 nitrogen and oxygen atoms in total. The molecule has 0 spiro atoms. The van der Waals surface area contributed by atoms with Crippen LogP contribution >= 0.6 is 0 Å². The van der Waals surface area contributed by atoms with Gasteiger partial charge < -0.3 is 4.98 Å². The van der Waals surface area contributed by atoms with Crippen LogP contribution in [0.3, 0.4) is 0 Å². The molecule has 0 amide bonds. The Hall–Kier alpha value is -2.17. The maximum atomic E-state index is 4.71. The Morgan fingerprint density at radius 1 is 1.17 bits per heavy atom. The summed E-state index contributed by atoms with van der Waals surface area (Å²) in [6.45, 7) is 0. The zero-order valence-electron chi connectivity index (χ0n) is 13.9. The average Bonchev–Trinajstić information content (AvgIpc) is 3.08. The predicted octanol–water partition coefficient (Wildman–Crippen LogP) is 4.35. The first-order chi connectivity index (χ1) is 11.9. The first-order valence-corrected chi connectivity index (χ1v) is 9.21. The van der Waals surface area contributed by atoms with Crippen molar-refractivity contribution in [2.75, 3.05) is 0 Å². The second kappa shape index (κ2) is 5.72. The van der Waals surface area contributed by atoms with Crippen molar-refractivity contribution in [3.63, 3.8) is 0 Å². The molecular formula is C19H23N5. The van der Waals surface area contributed by atoms with Crippen molar-refractivity contribution in [1.29, 1.82) is 0 Å². The first kappa shape index (κ1) is 14.2. The molecule has 1 unspecified atom stereocenters. The van der Waals surface area contributed by atoms with Crippen LogP contribution in [0, 0.1) is 11.8 Å². The third-order valence-corrected chi connectivity index (χ3v) is 5.72. The second-order valence-corrected chi connectivity index (χ2v) is 7.48. The quantitative estimate of drug-likeness (QED) is 0.760. The maximum Gasteiger partial charge on any atom is 0.164 e. The summed E-state index contributed by atoms with van der Waals surface area (Å²) in [7, 11) is 0. The number of nitrogens with one attached hydrogen (secondary N) is 1. The third kappa shape index (κ3) is 2.62. The molecular weight excluding hydrogens is 298 g/mol. The van der Waals surface area contributed by atoms with Crippen molar-refractivity contribution in [1.82, 2.24) is 24.7 Å². The van der Waals surface area contributed by atoms with Gasteiger partial charge in [0.25, 0.3) is 0 Å². The minimum atomic E-state index is 0.558. The Labute approximate surface area is 141 Å². The zero-order chi connectivity index (χ0) is 15.9. The van der Waals surface area contributed by atoms with Gasteiger partial charge in [-0.2, -0.15) is 5.10 Å². The van der Waals surface area contributed by atoms with E-state index in [1.807, 2.05) is 24.7 Å². The molecule has 2 aliphatic carbocycles. The summed E-state index contributed by atoms with van der Waals surface area (Å²) in [6.07, 6.45) is 17.5. The number of rotatable bonds is 5. The molecule has 0 saturated heterocycles. The highest BCUT2D eigenvalue weighted by Gasteiger charge is 2.33. The molecule has 0 aliphatic heterocycles. The lowest BCUT2D eigenvalue weighted by atomic mass is 9.93. The second-order valence-electron chi connectivity index (χ2n) is 7.48. The number of fused-ring (bicyclic) bond motifs is 1. The lowest BCUT2D eigenvalue weighted by molar-refractivity contribution is 0.281. The van der Waals surface area contributed by atoms with Crippen LogP contribution in [0.4, 0.5) is 0 Å². The fourth-order valence-electron chi connectivity index (χ4n) is 4.17. The summed E-state index contributed by atoms with van der Waals surface area (Å²) in [5.74, 6) is 2.48. The smallest absolute Gasteiger partial charge is 0.164 e. The van der Waals surface area contributed by atoms with Crippen molar-refractivity contribution in [2.24, 2.45) is 11.8 Å². The SMILES string of the molecule is c1cc2cnc(-c3cnn(C(CC4CC4)C4CCCC4)c3)nc2[nH]1. The van der Waals surface area contributed by atoms with Gasteiger partial charge in [-0.15, -0.1) is 0 Å². The van der Waals surface area contributed by atoms with Gasteiger partial charge in [0, 0.05) is 24.0 Å². The van der Waals surface area contributed by atoms with E-state index in [9.17, 15) is 0 Å². The van der Waals surface area contributed by atoms with Gasteiger partial charge in [-0.3, -0.25) is 4.68 Å². The highest BCUT2D eigenvalue weighted by atomic mass is 15.3. The molecule has 3 aromatic heterocycles. The molecule has 5 heteroatoms. The van der Waals surface area contributed by atoms with Gasteiger partial charge in [-0.1, -0.05) is 25.7 Å². The molecule has 1 atom stereocenters. The standard InChI is InChI=1S/C19H23N5/c1-2-4-14(3-1)17(9-13-5-6-13)24-12-16(11-22-24)19-21-10-15-7-8-20-18(15)23-19/h7-8,10-14,17H,1-6,9H2,(H,20,21,23). The van der Waals surface area contributed by atoms with E-state index in [1.54, 1.807) is 0 Å². The van der Waals surface area contributed by atoms with Gasteiger partial charge in [0.2, 0.25) is 0 Å². The Kier molecular flexibility index (Phi) is 3.39. The fourth-order valence-corrected chi connectivity index (χ4v) is 4.17. The minimum absolute atomic E-state index is 0.558.